The van der Waals surface area contributed by atoms with E-state index >= 15 is 0 Å². The van der Waals surface area contributed by atoms with Crippen molar-refractivity contribution < 1.29 is 15.0 Å². The van der Waals surface area contributed by atoms with Gasteiger partial charge in [-0.1, -0.05) is 13.3 Å². The molecule has 0 aliphatic carbocycles. The molecule has 1 aromatic carbocycles. The largest absolute Gasteiger partial charge is 0.395 e. The van der Waals surface area contributed by atoms with Crippen molar-refractivity contribution in [2.24, 2.45) is 0 Å². The lowest BCUT2D eigenvalue weighted by molar-refractivity contribution is -0.133. The summed E-state index contributed by atoms with van der Waals surface area (Å²) in [5.41, 5.74) is 0.256. The van der Waals surface area contributed by atoms with Gasteiger partial charge < -0.3 is 20.4 Å². The van der Waals surface area contributed by atoms with Crippen LogP contribution in [0.25, 0.3) is 0 Å². The Labute approximate surface area is 120 Å². The Kier molecular flexibility index (Phi) is 5.98. The lowest BCUT2D eigenvalue weighted by Gasteiger charge is -2.22. The number of nitrogens with one attached hydrogen (secondary N) is 1. The van der Waals surface area contributed by atoms with E-state index in [9.17, 15) is 9.90 Å². The van der Waals surface area contributed by atoms with Crippen LogP contribution in [0, 0.1) is 0 Å². The predicted molar refractivity (Wildman–Crippen MR) is 81.0 cm³/mol. The Morgan fingerprint density at radius 2 is 1.95 bits per heavy atom. The van der Waals surface area contributed by atoms with Crippen LogP contribution in [-0.4, -0.2) is 41.9 Å². The van der Waals surface area contributed by atoms with Crippen LogP contribution in [0.3, 0.4) is 0 Å². The summed E-state index contributed by atoms with van der Waals surface area (Å²) in [6.07, 6.45) is 1.17. The van der Waals surface area contributed by atoms with Gasteiger partial charge in [-0.15, -0.1) is 0 Å². The van der Waals surface area contributed by atoms with Crippen LogP contribution in [0.15, 0.2) is 24.3 Å². The number of carbonyl (C=O) groups is 1. The monoisotopic (exact) mass is 280 g/mol. The van der Waals surface area contributed by atoms with E-state index < -0.39 is 11.5 Å². The van der Waals surface area contributed by atoms with E-state index in [-0.39, 0.29) is 6.61 Å². The van der Waals surface area contributed by atoms with Crippen LogP contribution in [0.4, 0.5) is 11.4 Å². The third kappa shape index (κ3) is 4.51. The highest BCUT2D eigenvalue weighted by Gasteiger charge is 2.28. The molecule has 0 spiro atoms. The second kappa shape index (κ2) is 7.26. The number of rotatable bonds is 7. The van der Waals surface area contributed by atoms with Gasteiger partial charge >= 0.3 is 0 Å². The van der Waals surface area contributed by atoms with Crippen LogP contribution in [0.1, 0.15) is 26.7 Å². The molecule has 0 bridgehead atoms. The van der Waals surface area contributed by atoms with Crippen LogP contribution >= 0.6 is 0 Å². The zero-order valence-electron chi connectivity index (χ0n) is 12.4. The molecule has 0 saturated heterocycles. The minimum absolute atomic E-state index is 0.0921. The molecule has 0 radical (unpaired) electrons. The van der Waals surface area contributed by atoms with Crippen LogP contribution in [0.2, 0.25) is 0 Å². The molecule has 5 nitrogen and oxygen atoms in total. The van der Waals surface area contributed by atoms with E-state index in [1.807, 2.05) is 31.0 Å². The Balaban J connectivity index is 2.68. The third-order valence-electron chi connectivity index (χ3n) is 3.23. The lowest BCUT2D eigenvalue weighted by atomic mass is 9.99. The molecular weight excluding hydrogens is 256 g/mol. The van der Waals surface area contributed by atoms with Crippen molar-refractivity contribution >= 4 is 17.3 Å². The number of amides is 1. The Hall–Kier alpha value is -1.59. The lowest BCUT2D eigenvalue weighted by Crippen LogP contribution is -2.39. The number of aliphatic hydroxyl groups is 2. The first kappa shape index (κ1) is 16.5. The van der Waals surface area contributed by atoms with Crippen molar-refractivity contribution in [3.63, 3.8) is 0 Å². The maximum atomic E-state index is 11.9. The van der Waals surface area contributed by atoms with Crippen LogP contribution in [-0.2, 0) is 4.79 Å². The molecule has 1 atom stereocenters. The SMILES string of the molecule is CCCC(C)(O)C(=O)Nc1ccc(N(C)CCO)cc1. The summed E-state index contributed by atoms with van der Waals surface area (Å²) < 4.78 is 0. The van der Waals surface area contributed by atoms with E-state index in [0.29, 0.717) is 18.7 Å². The molecule has 0 saturated carbocycles. The molecule has 0 aliphatic heterocycles. The molecule has 3 N–H and O–H groups in total. The molecule has 0 fully saturated rings. The van der Waals surface area contributed by atoms with E-state index in [1.54, 1.807) is 12.1 Å². The van der Waals surface area contributed by atoms with Crippen LogP contribution < -0.4 is 10.2 Å². The molecule has 112 valence electrons. The van der Waals surface area contributed by atoms with Crippen molar-refractivity contribution in [3.8, 4) is 0 Å². The van der Waals surface area contributed by atoms with Gasteiger partial charge in [-0.3, -0.25) is 4.79 Å². The van der Waals surface area contributed by atoms with Crippen LogP contribution in [0.5, 0.6) is 0 Å². The number of aliphatic hydroxyl groups excluding tert-OH is 1. The first-order valence-electron chi connectivity index (χ1n) is 6.86. The molecule has 5 heteroatoms. The number of hydrogen-bond donors (Lipinski definition) is 3. The third-order valence-corrected chi connectivity index (χ3v) is 3.23. The van der Waals surface area contributed by atoms with E-state index in [2.05, 4.69) is 5.32 Å². The smallest absolute Gasteiger partial charge is 0.256 e. The average molecular weight is 280 g/mol. The molecule has 0 heterocycles. The van der Waals surface area contributed by atoms with Gasteiger partial charge in [-0.25, -0.2) is 0 Å². The summed E-state index contributed by atoms with van der Waals surface area (Å²) in [5.74, 6) is -0.393. The number of anilines is 2. The second-order valence-corrected chi connectivity index (χ2v) is 5.17. The fourth-order valence-electron chi connectivity index (χ4n) is 1.94. The summed E-state index contributed by atoms with van der Waals surface area (Å²) in [6.45, 7) is 4.09. The van der Waals surface area contributed by atoms with Crippen molar-refractivity contribution in [3.05, 3.63) is 24.3 Å². The minimum atomic E-state index is -1.35. The normalized spacial score (nSPS) is 13.7. The molecule has 0 aliphatic rings. The predicted octanol–water partition coefficient (Wildman–Crippen LogP) is 1.60. The summed E-state index contributed by atoms with van der Waals surface area (Å²) >= 11 is 0. The second-order valence-electron chi connectivity index (χ2n) is 5.17. The van der Waals surface area contributed by atoms with E-state index in [1.165, 1.54) is 6.92 Å². The minimum Gasteiger partial charge on any atom is -0.395 e. The first-order chi connectivity index (χ1) is 9.40. The standard InChI is InChI=1S/C15H24N2O3/c1-4-9-15(2,20)14(19)16-12-5-7-13(8-6-12)17(3)10-11-18/h5-8,18,20H,4,9-11H2,1-3H3,(H,16,19). The van der Waals surface area contributed by atoms with Gasteiger partial charge in [0, 0.05) is 25.0 Å². The Morgan fingerprint density at radius 3 is 2.45 bits per heavy atom. The van der Waals surface area contributed by atoms with Gasteiger partial charge in [0.1, 0.15) is 5.60 Å². The fraction of sp³-hybridized carbons (Fsp3) is 0.533. The van der Waals surface area contributed by atoms with Gasteiger partial charge in [0.15, 0.2) is 0 Å². The number of likely N-dealkylation sites (N-methyl/N-ethyl adjacent to an activating group) is 1. The molecule has 1 aromatic rings. The zero-order valence-corrected chi connectivity index (χ0v) is 12.4. The number of hydrogen-bond acceptors (Lipinski definition) is 4. The van der Waals surface area contributed by atoms with Gasteiger partial charge in [0.2, 0.25) is 0 Å². The fourth-order valence-corrected chi connectivity index (χ4v) is 1.94. The molecule has 1 rings (SSSR count). The summed E-state index contributed by atoms with van der Waals surface area (Å²) in [5, 5.41) is 21.6. The topological polar surface area (TPSA) is 72.8 Å². The summed E-state index contributed by atoms with van der Waals surface area (Å²) in [4.78, 5) is 13.9. The summed E-state index contributed by atoms with van der Waals surface area (Å²) in [6, 6.07) is 7.28. The highest BCUT2D eigenvalue weighted by atomic mass is 16.3. The van der Waals surface area contributed by atoms with E-state index in [0.717, 1.165) is 12.1 Å². The highest BCUT2D eigenvalue weighted by molar-refractivity contribution is 5.96. The quantitative estimate of drug-likeness (QED) is 0.709. The van der Waals surface area contributed by atoms with Gasteiger partial charge in [0.25, 0.3) is 5.91 Å². The highest BCUT2D eigenvalue weighted by Crippen LogP contribution is 2.19. The Bertz CT molecular complexity index is 429. The van der Waals surface area contributed by atoms with Crippen molar-refractivity contribution in [2.75, 3.05) is 30.4 Å². The zero-order chi connectivity index (χ0) is 15.2. The maximum absolute atomic E-state index is 11.9. The van der Waals surface area contributed by atoms with Gasteiger partial charge in [-0.2, -0.15) is 0 Å². The van der Waals surface area contributed by atoms with Gasteiger partial charge in [0.05, 0.1) is 6.61 Å². The molecular formula is C15H24N2O3. The number of nitrogens with zero attached hydrogens (tertiary/aromatic N) is 1. The number of carbonyl (C=O) groups excluding carboxylic acids is 1. The molecule has 1 amide bonds. The first-order valence-corrected chi connectivity index (χ1v) is 6.86. The average Bonchev–Trinajstić information content (AvgIpc) is 2.39. The van der Waals surface area contributed by atoms with Crippen molar-refractivity contribution in [2.45, 2.75) is 32.3 Å². The molecule has 0 aromatic heterocycles. The van der Waals surface area contributed by atoms with E-state index in [4.69, 9.17) is 5.11 Å². The Morgan fingerprint density at radius 1 is 1.35 bits per heavy atom. The molecule has 1 unspecified atom stereocenters. The number of benzene rings is 1. The molecule has 20 heavy (non-hydrogen) atoms. The van der Waals surface area contributed by atoms with Gasteiger partial charge in [-0.05, 0) is 37.6 Å². The van der Waals surface area contributed by atoms with Crippen molar-refractivity contribution in [1.82, 2.24) is 0 Å². The maximum Gasteiger partial charge on any atom is 0.256 e. The van der Waals surface area contributed by atoms with Crippen molar-refractivity contribution in [1.29, 1.82) is 0 Å². The summed E-state index contributed by atoms with van der Waals surface area (Å²) in [7, 11) is 1.88.